The number of aromatic amines is 1. The van der Waals surface area contributed by atoms with E-state index in [1.807, 2.05) is 12.3 Å². The molecule has 0 spiro atoms. The highest BCUT2D eigenvalue weighted by Crippen LogP contribution is 2.65. The van der Waals surface area contributed by atoms with Crippen LogP contribution in [-0.2, 0) is 4.79 Å². The first-order valence-electron chi connectivity index (χ1n) is 11.4. The smallest absolute Gasteiger partial charge is 0.223 e. The zero-order valence-corrected chi connectivity index (χ0v) is 18.6. The maximum absolute atomic E-state index is 13.3. The molecule has 5 fully saturated rings. The summed E-state index contributed by atoms with van der Waals surface area (Å²) in [4.78, 5) is 23.2. The van der Waals surface area contributed by atoms with Gasteiger partial charge in [0.1, 0.15) is 5.65 Å². The third-order valence-corrected chi connectivity index (χ3v) is 9.34. The van der Waals surface area contributed by atoms with E-state index in [0.717, 1.165) is 49.8 Å². The molecule has 1 saturated heterocycles. The van der Waals surface area contributed by atoms with E-state index in [1.165, 1.54) is 49.5 Å². The molecule has 3 heterocycles. The van der Waals surface area contributed by atoms with Crippen molar-refractivity contribution in [2.75, 3.05) is 13.1 Å². The molecule has 2 unspecified atom stereocenters. The lowest BCUT2D eigenvalue weighted by atomic mass is 9.48. The molecule has 1 N–H and O–H groups in total. The first-order chi connectivity index (χ1) is 14.0. The highest BCUT2D eigenvalue weighted by atomic mass is 79.9. The van der Waals surface area contributed by atoms with Crippen molar-refractivity contribution >= 4 is 32.9 Å². The van der Waals surface area contributed by atoms with Crippen molar-refractivity contribution in [2.45, 2.75) is 68.0 Å². The average molecular weight is 456 g/mol. The maximum atomic E-state index is 13.3. The minimum absolute atomic E-state index is 0.282. The molecule has 4 aliphatic carbocycles. The van der Waals surface area contributed by atoms with Gasteiger partial charge in [0, 0.05) is 41.6 Å². The lowest BCUT2D eigenvalue weighted by Crippen LogP contribution is -2.54. The average Bonchev–Trinajstić information content (AvgIpc) is 3.10. The van der Waals surface area contributed by atoms with Gasteiger partial charge in [-0.3, -0.25) is 4.79 Å². The van der Waals surface area contributed by atoms with Crippen LogP contribution in [0.15, 0.2) is 24.5 Å². The van der Waals surface area contributed by atoms with Crippen LogP contribution in [0.2, 0.25) is 0 Å². The monoisotopic (exact) mass is 455 g/mol. The van der Waals surface area contributed by atoms with Crippen LogP contribution in [0.3, 0.4) is 0 Å². The molecule has 4 bridgehead atoms. The van der Waals surface area contributed by atoms with E-state index in [4.69, 9.17) is 0 Å². The second kappa shape index (κ2) is 6.57. The van der Waals surface area contributed by atoms with Crippen LogP contribution in [0.25, 0.3) is 11.0 Å². The minimum Gasteiger partial charge on any atom is -0.346 e. The van der Waals surface area contributed by atoms with E-state index in [0.29, 0.717) is 16.1 Å². The van der Waals surface area contributed by atoms with Crippen molar-refractivity contribution in [3.05, 3.63) is 30.1 Å². The Morgan fingerprint density at radius 1 is 1.21 bits per heavy atom. The summed E-state index contributed by atoms with van der Waals surface area (Å²) >= 11 is 4.10. The molecule has 29 heavy (non-hydrogen) atoms. The molecular formula is C24H30BrN3O. The van der Waals surface area contributed by atoms with Gasteiger partial charge in [-0.25, -0.2) is 4.98 Å². The zero-order valence-electron chi connectivity index (χ0n) is 17.0. The van der Waals surface area contributed by atoms with Gasteiger partial charge in [0.15, 0.2) is 0 Å². The number of nitrogens with one attached hydrogen (secondary N) is 1. The van der Waals surface area contributed by atoms with Gasteiger partial charge in [-0.1, -0.05) is 15.9 Å². The quantitative estimate of drug-likeness (QED) is 0.630. The van der Waals surface area contributed by atoms with Crippen LogP contribution in [0.1, 0.15) is 69.3 Å². The number of aromatic nitrogens is 2. The number of hydrogen-bond acceptors (Lipinski definition) is 2. The van der Waals surface area contributed by atoms with E-state index in [-0.39, 0.29) is 5.41 Å². The number of alkyl halides is 1. The molecular weight excluding hydrogens is 426 g/mol. The molecule has 0 radical (unpaired) electrons. The molecule has 1 amide bonds. The number of nitrogens with zero attached hydrogens (tertiary/aromatic N) is 2. The fourth-order valence-electron chi connectivity index (χ4n) is 7.73. The zero-order chi connectivity index (χ0) is 19.6. The highest BCUT2D eigenvalue weighted by molar-refractivity contribution is 9.10. The van der Waals surface area contributed by atoms with E-state index in [2.05, 4.69) is 43.1 Å². The molecule has 154 valence electrons. The summed E-state index contributed by atoms with van der Waals surface area (Å²) in [5.41, 5.74) is 2.64. The molecule has 5 aliphatic rings. The summed E-state index contributed by atoms with van der Waals surface area (Å²) in [6.45, 7) is 1.80. The Labute approximate surface area is 181 Å². The summed E-state index contributed by atoms with van der Waals surface area (Å²) < 4.78 is 0.341. The fraction of sp³-hybridized carbons (Fsp3) is 0.667. The molecule has 4 nitrogen and oxygen atoms in total. The van der Waals surface area contributed by atoms with E-state index < -0.39 is 0 Å². The predicted molar refractivity (Wildman–Crippen MR) is 118 cm³/mol. The highest BCUT2D eigenvalue weighted by Gasteiger charge is 2.57. The Kier molecular flexibility index (Phi) is 4.17. The Balaban J connectivity index is 1.12. The van der Waals surface area contributed by atoms with Gasteiger partial charge in [0.05, 0.1) is 0 Å². The third kappa shape index (κ3) is 3.15. The summed E-state index contributed by atoms with van der Waals surface area (Å²) in [6, 6.07) is 4.18. The van der Waals surface area contributed by atoms with E-state index >= 15 is 0 Å². The van der Waals surface area contributed by atoms with Crippen LogP contribution in [0.5, 0.6) is 0 Å². The van der Waals surface area contributed by atoms with Crippen molar-refractivity contribution in [3.63, 3.8) is 0 Å². The number of likely N-dealkylation sites (tertiary alicyclic amines) is 1. The van der Waals surface area contributed by atoms with Gasteiger partial charge in [0.25, 0.3) is 0 Å². The van der Waals surface area contributed by atoms with Gasteiger partial charge in [-0.05, 0) is 92.2 Å². The number of carbonyl (C=O) groups excluding carboxylic acids is 1. The number of rotatable bonds is 3. The molecule has 7 rings (SSSR count). The summed E-state index contributed by atoms with van der Waals surface area (Å²) in [6.07, 6.45) is 14.8. The summed E-state index contributed by atoms with van der Waals surface area (Å²) in [5, 5.41) is 1.24. The number of fused-ring (bicyclic) bond motifs is 1. The van der Waals surface area contributed by atoms with Crippen LogP contribution >= 0.6 is 15.9 Å². The maximum Gasteiger partial charge on any atom is 0.223 e. The standard InChI is InChI=1S/C24H30BrN3O/c25-24-11-16-8-17(12-24)10-23(9-16,15-24)13-21(29)28-6-3-18(4-7-28)20-14-27-22-19(20)2-1-5-26-22/h1-2,5,14,16-18H,3-4,6-13,15H2,(H,26,27). The SMILES string of the molecule is O=C(CC12CC3CC(CC(Br)(C3)C1)C2)N1CCC(c2c[nH]c3ncccc23)CC1. The van der Waals surface area contributed by atoms with Crippen molar-refractivity contribution < 1.29 is 4.79 Å². The lowest BCUT2D eigenvalue weighted by molar-refractivity contribution is -0.139. The number of pyridine rings is 1. The number of H-pyrrole nitrogens is 1. The minimum atomic E-state index is 0.282. The largest absolute Gasteiger partial charge is 0.346 e. The molecule has 1 aliphatic heterocycles. The number of hydrogen-bond donors (Lipinski definition) is 1. The number of amides is 1. The Bertz CT molecular complexity index is 931. The first kappa shape index (κ1) is 18.4. The van der Waals surface area contributed by atoms with Crippen molar-refractivity contribution in [3.8, 4) is 0 Å². The lowest BCUT2D eigenvalue weighted by Gasteiger charge is -2.60. The molecule has 2 aromatic rings. The van der Waals surface area contributed by atoms with Gasteiger partial charge < -0.3 is 9.88 Å². The first-order valence-corrected chi connectivity index (χ1v) is 12.2. The van der Waals surface area contributed by atoms with Gasteiger partial charge in [0.2, 0.25) is 5.91 Å². The summed E-state index contributed by atoms with van der Waals surface area (Å²) in [7, 11) is 0. The molecule has 2 atom stereocenters. The van der Waals surface area contributed by atoms with Gasteiger partial charge >= 0.3 is 0 Å². The normalized spacial score (nSPS) is 36.8. The number of carbonyl (C=O) groups is 1. The fourth-order valence-corrected chi connectivity index (χ4v) is 9.24. The van der Waals surface area contributed by atoms with Crippen LogP contribution < -0.4 is 0 Å². The Hall–Kier alpha value is -1.36. The summed E-state index contributed by atoms with van der Waals surface area (Å²) in [5.74, 6) is 2.65. The second-order valence-corrected chi connectivity index (χ2v) is 12.3. The van der Waals surface area contributed by atoms with Crippen LogP contribution in [-0.4, -0.2) is 38.2 Å². The van der Waals surface area contributed by atoms with Gasteiger partial charge in [-0.2, -0.15) is 0 Å². The molecule has 4 saturated carbocycles. The second-order valence-electron chi connectivity index (χ2n) is 10.6. The van der Waals surface area contributed by atoms with Crippen molar-refractivity contribution in [2.24, 2.45) is 17.3 Å². The van der Waals surface area contributed by atoms with Crippen LogP contribution in [0, 0.1) is 17.3 Å². The predicted octanol–water partition coefficient (Wildman–Crippen LogP) is 5.39. The number of halogens is 1. The van der Waals surface area contributed by atoms with Gasteiger partial charge in [-0.15, -0.1) is 0 Å². The molecule has 0 aromatic carbocycles. The van der Waals surface area contributed by atoms with Crippen LogP contribution in [0.4, 0.5) is 0 Å². The van der Waals surface area contributed by atoms with Crippen molar-refractivity contribution in [1.82, 2.24) is 14.9 Å². The Morgan fingerprint density at radius 2 is 1.97 bits per heavy atom. The van der Waals surface area contributed by atoms with Crippen molar-refractivity contribution in [1.29, 1.82) is 0 Å². The van der Waals surface area contributed by atoms with E-state index in [9.17, 15) is 4.79 Å². The topological polar surface area (TPSA) is 49.0 Å². The molecule has 5 heteroatoms. The Morgan fingerprint density at radius 3 is 2.69 bits per heavy atom. The third-order valence-electron chi connectivity index (χ3n) is 8.41. The van der Waals surface area contributed by atoms with E-state index in [1.54, 1.807) is 0 Å². The molecule has 2 aromatic heterocycles. The number of piperidine rings is 1.